The molecule has 2 aromatic heterocycles. The zero-order chi connectivity index (χ0) is 20.1. The highest BCUT2D eigenvalue weighted by Crippen LogP contribution is 2.15. The second-order valence-corrected chi connectivity index (χ2v) is 6.00. The van der Waals surface area contributed by atoms with Gasteiger partial charge in [0.05, 0.1) is 12.3 Å². The number of hydrogen-bond acceptors (Lipinski definition) is 5. The lowest BCUT2D eigenvalue weighted by Gasteiger charge is -2.08. The molecule has 4 N–H and O–H groups in total. The van der Waals surface area contributed by atoms with Gasteiger partial charge in [-0.3, -0.25) is 9.59 Å². The van der Waals surface area contributed by atoms with Crippen LogP contribution in [0.4, 0.5) is 16.2 Å². The second kappa shape index (κ2) is 8.31. The summed E-state index contributed by atoms with van der Waals surface area (Å²) < 4.78 is 1.67. The number of nitrogens with zero attached hydrogens (tertiary/aromatic N) is 2. The average molecular weight is 381 g/mol. The van der Waals surface area contributed by atoms with E-state index in [1.807, 2.05) is 0 Å². The molecule has 2 heterocycles. The monoisotopic (exact) mass is 381 g/mol. The fourth-order valence-electron chi connectivity index (χ4n) is 2.49. The molecular weight excluding hydrogens is 362 g/mol. The molecule has 3 aromatic rings. The summed E-state index contributed by atoms with van der Waals surface area (Å²) in [6.07, 6.45) is 3.28. The molecule has 1 aromatic carbocycles. The van der Waals surface area contributed by atoms with E-state index >= 15 is 0 Å². The maximum atomic E-state index is 12.4. The van der Waals surface area contributed by atoms with Crippen LogP contribution in [0.1, 0.15) is 27.8 Å². The Balaban J connectivity index is 1.66. The Bertz CT molecular complexity index is 1030. The lowest BCUT2D eigenvalue weighted by molar-refractivity contribution is 0.100. The molecule has 0 fully saturated rings. The van der Waals surface area contributed by atoms with Gasteiger partial charge in [-0.05, 0) is 36.4 Å². The highest BCUT2D eigenvalue weighted by Gasteiger charge is 2.10. The van der Waals surface area contributed by atoms with E-state index in [0.717, 1.165) is 0 Å². The summed E-state index contributed by atoms with van der Waals surface area (Å²) in [6, 6.07) is 9.34. The summed E-state index contributed by atoms with van der Waals surface area (Å²) in [5.41, 5.74) is 2.45. The van der Waals surface area contributed by atoms with Crippen molar-refractivity contribution in [1.82, 2.24) is 14.7 Å². The van der Waals surface area contributed by atoms with Crippen LogP contribution in [0.5, 0.6) is 0 Å². The second-order valence-electron chi connectivity index (χ2n) is 6.00. The van der Waals surface area contributed by atoms with Crippen molar-refractivity contribution in [3.63, 3.8) is 0 Å². The van der Waals surface area contributed by atoms with Gasteiger partial charge in [0, 0.05) is 37.1 Å². The number of carbonyl (C=O) groups is 3. The Hall–Kier alpha value is -3.72. The maximum Gasteiger partial charge on any atom is 0.319 e. The number of pyridine rings is 1. The lowest BCUT2D eigenvalue weighted by Crippen LogP contribution is -2.30. The Morgan fingerprint density at radius 1 is 1.00 bits per heavy atom. The number of urea groups is 1. The summed E-state index contributed by atoms with van der Waals surface area (Å²) >= 11 is 0. The summed E-state index contributed by atoms with van der Waals surface area (Å²) in [6.45, 7) is 1.45. The van der Waals surface area contributed by atoms with Crippen LogP contribution in [-0.2, 0) is 0 Å². The molecule has 0 bridgehead atoms. The van der Waals surface area contributed by atoms with Gasteiger partial charge in [-0.25, -0.2) is 9.78 Å². The predicted octanol–water partition coefficient (Wildman–Crippen LogP) is 1.90. The molecule has 3 amide bonds. The fraction of sp³-hybridized carbons (Fsp3) is 0.158. The quantitative estimate of drug-likeness (QED) is 0.486. The molecule has 0 spiro atoms. The van der Waals surface area contributed by atoms with Gasteiger partial charge in [-0.2, -0.15) is 0 Å². The molecule has 0 aliphatic carbocycles. The zero-order valence-corrected chi connectivity index (χ0v) is 15.1. The molecule has 28 heavy (non-hydrogen) atoms. The van der Waals surface area contributed by atoms with E-state index in [9.17, 15) is 14.4 Å². The first-order valence-corrected chi connectivity index (χ1v) is 8.53. The predicted molar refractivity (Wildman–Crippen MR) is 104 cm³/mol. The molecular formula is C19H19N5O4. The molecule has 9 nitrogen and oxygen atoms in total. The first-order valence-electron chi connectivity index (χ1n) is 8.53. The van der Waals surface area contributed by atoms with Crippen LogP contribution in [-0.4, -0.2) is 45.4 Å². The van der Waals surface area contributed by atoms with Crippen LogP contribution in [0.25, 0.3) is 5.65 Å². The highest BCUT2D eigenvalue weighted by atomic mass is 16.3. The Morgan fingerprint density at radius 2 is 1.71 bits per heavy atom. The van der Waals surface area contributed by atoms with Crippen LogP contribution in [0, 0.1) is 0 Å². The summed E-state index contributed by atoms with van der Waals surface area (Å²) in [4.78, 5) is 39.6. The van der Waals surface area contributed by atoms with Crippen molar-refractivity contribution in [2.45, 2.75) is 6.92 Å². The van der Waals surface area contributed by atoms with Gasteiger partial charge in [0.2, 0.25) is 0 Å². The van der Waals surface area contributed by atoms with Gasteiger partial charge < -0.3 is 25.5 Å². The molecule has 0 unspecified atom stereocenters. The minimum atomic E-state index is -0.440. The highest BCUT2D eigenvalue weighted by molar-refractivity contribution is 6.04. The summed E-state index contributed by atoms with van der Waals surface area (Å²) in [5, 5.41) is 16.5. The molecule has 144 valence electrons. The van der Waals surface area contributed by atoms with Crippen LogP contribution < -0.4 is 16.0 Å². The molecule has 0 radical (unpaired) electrons. The van der Waals surface area contributed by atoms with Gasteiger partial charge in [-0.1, -0.05) is 0 Å². The number of carbonyl (C=O) groups excluding carboxylic acids is 3. The van der Waals surface area contributed by atoms with Crippen LogP contribution in [0.2, 0.25) is 0 Å². The van der Waals surface area contributed by atoms with E-state index in [-0.39, 0.29) is 24.8 Å². The van der Waals surface area contributed by atoms with Crippen molar-refractivity contribution in [1.29, 1.82) is 0 Å². The van der Waals surface area contributed by atoms with Crippen molar-refractivity contribution < 1.29 is 19.5 Å². The van der Waals surface area contributed by atoms with Crippen LogP contribution >= 0.6 is 0 Å². The number of Topliss-reactive ketones (excluding diaryl/α,β-unsaturated/α-hetero) is 1. The summed E-state index contributed by atoms with van der Waals surface area (Å²) in [7, 11) is 0. The molecule has 0 saturated heterocycles. The number of imidazole rings is 1. The first kappa shape index (κ1) is 19.1. The van der Waals surface area contributed by atoms with E-state index in [1.54, 1.807) is 53.2 Å². The van der Waals surface area contributed by atoms with Crippen molar-refractivity contribution in [3.05, 3.63) is 60.0 Å². The van der Waals surface area contributed by atoms with Gasteiger partial charge in [0.15, 0.2) is 5.78 Å². The number of aliphatic hydroxyl groups excluding tert-OH is 1. The SMILES string of the molecule is CC(=O)c1cn2cc(NC(=O)c3ccc(NC(=O)NCCO)cc3)ccc2n1. The Kier molecular flexibility index (Phi) is 5.66. The van der Waals surface area contributed by atoms with E-state index in [4.69, 9.17) is 5.11 Å². The minimum Gasteiger partial charge on any atom is -0.395 e. The number of benzene rings is 1. The van der Waals surface area contributed by atoms with E-state index in [0.29, 0.717) is 28.3 Å². The van der Waals surface area contributed by atoms with E-state index in [2.05, 4.69) is 20.9 Å². The van der Waals surface area contributed by atoms with Gasteiger partial charge in [0.25, 0.3) is 5.91 Å². The Labute approximate surface area is 160 Å². The number of hydrogen-bond donors (Lipinski definition) is 4. The topological polar surface area (TPSA) is 125 Å². The minimum absolute atomic E-state index is 0.131. The number of aliphatic hydroxyl groups is 1. The molecule has 0 aliphatic heterocycles. The van der Waals surface area contributed by atoms with Gasteiger partial charge in [0.1, 0.15) is 11.3 Å². The zero-order valence-electron chi connectivity index (χ0n) is 15.1. The Morgan fingerprint density at radius 3 is 2.39 bits per heavy atom. The number of rotatable bonds is 6. The van der Waals surface area contributed by atoms with E-state index < -0.39 is 6.03 Å². The molecule has 3 rings (SSSR count). The van der Waals surface area contributed by atoms with Crippen LogP contribution in [0.15, 0.2) is 48.8 Å². The third-order valence-electron chi connectivity index (χ3n) is 3.87. The molecule has 9 heteroatoms. The van der Waals surface area contributed by atoms with Crippen LogP contribution in [0.3, 0.4) is 0 Å². The average Bonchev–Trinajstić information content (AvgIpc) is 3.10. The standard InChI is InChI=1S/C19H19N5O4/c1-12(26)16-11-24-10-15(6-7-17(24)23-16)21-18(27)13-2-4-14(5-3-13)22-19(28)20-8-9-25/h2-7,10-11,25H,8-9H2,1H3,(H,21,27)(H2,20,22,28). The molecule has 0 atom stereocenters. The van der Waals surface area contributed by atoms with E-state index in [1.165, 1.54) is 6.92 Å². The third-order valence-corrected chi connectivity index (χ3v) is 3.87. The largest absolute Gasteiger partial charge is 0.395 e. The number of fused-ring (bicyclic) bond motifs is 1. The van der Waals surface area contributed by atoms with Crippen molar-refractivity contribution in [3.8, 4) is 0 Å². The number of amides is 3. The van der Waals surface area contributed by atoms with Crippen molar-refractivity contribution >= 4 is 34.7 Å². The normalized spacial score (nSPS) is 10.5. The summed E-state index contributed by atoms with van der Waals surface area (Å²) in [5.74, 6) is -0.449. The smallest absolute Gasteiger partial charge is 0.319 e. The number of nitrogens with one attached hydrogen (secondary N) is 3. The van der Waals surface area contributed by atoms with Crippen molar-refractivity contribution in [2.24, 2.45) is 0 Å². The first-order chi connectivity index (χ1) is 13.5. The fourth-order valence-corrected chi connectivity index (χ4v) is 2.49. The third kappa shape index (κ3) is 4.51. The van der Waals surface area contributed by atoms with Crippen molar-refractivity contribution in [2.75, 3.05) is 23.8 Å². The molecule has 0 aliphatic rings. The molecule has 0 saturated carbocycles. The number of aromatic nitrogens is 2. The van der Waals surface area contributed by atoms with Gasteiger partial charge >= 0.3 is 6.03 Å². The lowest BCUT2D eigenvalue weighted by atomic mass is 10.2. The van der Waals surface area contributed by atoms with Gasteiger partial charge in [-0.15, -0.1) is 0 Å². The maximum absolute atomic E-state index is 12.4. The number of ketones is 1. The number of anilines is 2.